The van der Waals surface area contributed by atoms with Gasteiger partial charge in [0.15, 0.2) is 5.82 Å². The molecule has 1 aromatic heterocycles. The molecule has 1 unspecified atom stereocenters. The average molecular weight is 273 g/mol. The van der Waals surface area contributed by atoms with Gasteiger partial charge in [-0.25, -0.2) is 0 Å². The van der Waals surface area contributed by atoms with Crippen LogP contribution in [0.5, 0.6) is 0 Å². The van der Waals surface area contributed by atoms with Crippen LogP contribution in [0.1, 0.15) is 69.4 Å². The van der Waals surface area contributed by atoms with E-state index in [-0.39, 0.29) is 17.4 Å². The number of nitrogens with two attached hydrogens (primary N) is 1. The summed E-state index contributed by atoms with van der Waals surface area (Å²) in [5, 5.41) is 3.97. The molecule has 0 amide bonds. The molecule has 20 heavy (non-hydrogen) atoms. The SMILES string of the molecule is CC(C)c1nc(C(N)c2ccc(C(C)(C)C)cc2)no1. The van der Waals surface area contributed by atoms with Crippen LogP contribution in [0, 0.1) is 0 Å². The zero-order valence-electron chi connectivity index (χ0n) is 12.8. The van der Waals surface area contributed by atoms with E-state index in [0.717, 1.165) is 5.56 Å². The van der Waals surface area contributed by atoms with Crippen molar-refractivity contribution in [3.05, 3.63) is 47.1 Å². The summed E-state index contributed by atoms with van der Waals surface area (Å²) >= 11 is 0. The molecule has 108 valence electrons. The van der Waals surface area contributed by atoms with Crippen molar-refractivity contribution in [1.29, 1.82) is 0 Å². The van der Waals surface area contributed by atoms with Crippen LogP contribution in [0.2, 0.25) is 0 Å². The minimum atomic E-state index is -0.347. The van der Waals surface area contributed by atoms with Gasteiger partial charge in [-0.2, -0.15) is 4.98 Å². The predicted octanol–water partition coefficient (Wildman–Crippen LogP) is 3.54. The number of hydrogen-bond acceptors (Lipinski definition) is 4. The predicted molar refractivity (Wildman–Crippen MR) is 79.6 cm³/mol. The van der Waals surface area contributed by atoms with Gasteiger partial charge in [-0.1, -0.05) is 64.0 Å². The van der Waals surface area contributed by atoms with Gasteiger partial charge in [-0.3, -0.25) is 0 Å². The molecule has 1 atom stereocenters. The van der Waals surface area contributed by atoms with Crippen LogP contribution in [0.25, 0.3) is 0 Å². The average Bonchev–Trinajstić information content (AvgIpc) is 2.86. The highest BCUT2D eigenvalue weighted by Crippen LogP contribution is 2.25. The second kappa shape index (κ2) is 5.37. The van der Waals surface area contributed by atoms with Gasteiger partial charge < -0.3 is 10.3 Å². The van der Waals surface area contributed by atoms with E-state index in [0.29, 0.717) is 11.7 Å². The maximum absolute atomic E-state index is 6.20. The molecule has 4 heteroatoms. The van der Waals surface area contributed by atoms with Crippen molar-refractivity contribution in [1.82, 2.24) is 10.1 Å². The Hall–Kier alpha value is -1.68. The van der Waals surface area contributed by atoms with E-state index in [2.05, 4.69) is 43.0 Å². The van der Waals surface area contributed by atoms with E-state index < -0.39 is 0 Å². The van der Waals surface area contributed by atoms with Gasteiger partial charge in [0.05, 0.1) is 6.04 Å². The molecule has 2 rings (SSSR count). The van der Waals surface area contributed by atoms with E-state index in [4.69, 9.17) is 10.3 Å². The number of aromatic nitrogens is 2. The maximum atomic E-state index is 6.20. The summed E-state index contributed by atoms with van der Waals surface area (Å²) < 4.78 is 5.21. The van der Waals surface area contributed by atoms with Gasteiger partial charge in [-0.15, -0.1) is 0 Å². The zero-order chi connectivity index (χ0) is 14.9. The quantitative estimate of drug-likeness (QED) is 0.929. The van der Waals surface area contributed by atoms with Crippen LogP contribution in [-0.4, -0.2) is 10.1 Å². The topological polar surface area (TPSA) is 64.9 Å². The van der Waals surface area contributed by atoms with Crippen molar-refractivity contribution < 1.29 is 4.52 Å². The van der Waals surface area contributed by atoms with Gasteiger partial charge in [0, 0.05) is 5.92 Å². The standard InChI is InChI=1S/C16H23N3O/c1-10(2)15-18-14(19-20-15)13(17)11-6-8-12(9-7-11)16(3,4)5/h6-10,13H,17H2,1-5H3. The highest BCUT2D eigenvalue weighted by atomic mass is 16.5. The first-order valence-corrected chi connectivity index (χ1v) is 6.98. The van der Waals surface area contributed by atoms with Crippen molar-refractivity contribution in [2.24, 2.45) is 5.73 Å². The van der Waals surface area contributed by atoms with Gasteiger partial charge in [0.2, 0.25) is 5.89 Å². The van der Waals surface area contributed by atoms with Gasteiger partial charge in [-0.05, 0) is 16.5 Å². The van der Waals surface area contributed by atoms with Crippen molar-refractivity contribution in [2.45, 2.75) is 52.0 Å². The third-order valence-electron chi connectivity index (χ3n) is 3.37. The second-order valence-electron chi connectivity index (χ2n) is 6.50. The molecule has 0 bridgehead atoms. The van der Waals surface area contributed by atoms with Crippen LogP contribution < -0.4 is 5.73 Å². The molecule has 4 nitrogen and oxygen atoms in total. The number of hydrogen-bond donors (Lipinski definition) is 1. The summed E-state index contributed by atoms with van der Waals surface area (Å²) in [7, 11) is 0. The first kappa shape index (κ1) is 14.7. The molecule has 0 aliphatic rings. The van der Waals surface area contributed by atoms with Crippen molar-refractivity contribution in [3.63, 3.8) is 0 Å². The van der Waals surface area contributed by atoms with E-state index in [1.165, 1.54) is 5.56 Å². The van der Waals surface area contributed by atoms with Gasteiger partial charge >= 0.3 is 0 Å². The van der Waals surface area contributed by atoms with Gasteiger partial charge in [0.1, 0.15) is 0 Å². The smallest absolute Gasteiger partial charge is 0.229 e. The first-order valence-electron chi connectivity index (χ1n) is 6.98. The van der Waals surface area contributed by atoms with Gasteiger partial charge in [0.25, 0.3) is 0 Å². The van der Waals surface area contributed by atoms with Crippen molar-refractivity contribution in [2.75, 3.05) is 0 Å². The molecule has 0 saturated heterocycles. The van der Waals surface area contributed by atoms with E-state index in [1.54, 1.807) is 0 Å². The molecule has 0 radical (unpaired) electrons. The normalized spacial score (nSPS) is 13.8. The summed E-state index contributed by atoms with van der Waals surface area (Å²) in [5.41, 5.74) is 8.62. The molecule has 2 aromatic rings. The molecule has 0 saturated carbocycles. The highest BCUT2D eigenvalue weighted by molar-refractivity contribution is 5.31. The van der Waals surface area contributed by atoms with E-state index >= 15 is 0 Å². The van der Waals surface area contributed by atoms with Crippen LogP contribution in [0.3, 0.4) is 0 Å². The Bertz CT molecular complexity index is 564. The van der Waals surface area contributed by atoms with E-state index in [9.17, 15) is 0 Å². The summed E-state index contributed by atoms with van der Waals surface area (Å²) in [5.74, 6) is 1.38. The number of nitrogens with zero attached hydrogens (tertiary/aromatic N) is 2. The Morgan fingerprint density at radius 3 is 2.15 bits per heavy atom. The van der Waals surface area contributed by atoms with Crippen LogP contribution in [0.4, 0.5) is 0 Å². The Balaban J connectivity index is 2.22. The molecular formula is C16H23N3O. The first-order chi connectivity index (χ1) is 9.29. The monoisotopic (exact) mass is 273 g/mol. The molecule has 0 aliphatic heterocycles. The molecule has 0 spiro atoms. The van der Waals surface area contributed by atoms with E-state index in [1.807, 2.05) is 26.0 Å². The summed E-state index contributed by atoms with van der Waals surface area (Å²) in [6.07, 6.45) is 0. The minimum absolute atomic E-state index is 0.138. The Kier molecular flexibility index (Phi) is 3.95. The zero-order valence-corrected chi connectivity index (χ0v) is 12.8. The third kappa shape index (κ3) is 3.07. The lowest BCUT2D eigenvalue weighted by atomic mass is 9.86. The van der Waals surface area contributed by atoms with Crippen molar-refractivity contribution in [3.8, 4) is 0 Å². The molecule has 1 aromatic carbocycles. The summed E-state index contributed by atoms with van der Waals surface area (Å²) in [6.45, 7) is 10.6. The van der Waals surface area contributed by atoms with Crippen molar-refractivity contribution >= 4 is 0 Å². The lowest BCUT2D eigenvalue weighted by Gasteiger charge is -2.19. The van der Waals surface area contributed by atoms with Crippen LogP contribution >= 0.6 is 0 Å². The summed E-state index contributed by atoms with van der Waals surface area (Å²) in [4.78, 5) is 4.35. The second-order valence-corrected chi connectivity index (χ2v) is 6.50. The largest absolute Gasteiger partial charge is 0.339 e. The molecule has 0 fully saturated rings. The Morgan fingerprint density at radius 1 is 1.10 bits per heavy atom. The molecule has 2 N–H and O–H groups in total. The molecule has 0 aliphatic carbocycles. The molecule has 1 heterocycles. The number of rotatable bonds is 3. The fourth-order valence-corrected chi connectivity index (χ4v) is 1.95. The Labute approximate surface area is 120 Å². The Morgan fingerprint density at radius 2 is 1.70 bits per heavy atom. The lowest BCUT2D eigenvalue weighted by Crippen LogP contribution is -2.15. The number of benzene rings is 1. The van der Waals surface area contributed by atoms with Crippen LogP contribution in [0.15, 0.2) is 28.8 Å². The lowest BCUT2D eigenvalue weighted by molar-refractivity contribution is 0.359. The van der Waals surface area contributed by atoms with Crippen LogP contribution in [-0.2, 0) is 5.41 Å². The third-order valence-corrected chi connectivity index (χ3v) is 3.37. The highest BCUT2D eigenvalue weighted by Gasteiger charge is 2.19. The fourth-order valence-electron chi connectivity index (χ4n) is 1.95. The molecular weight excluding hydrogens is 250 g/mol. The fraction of sp³-hybridized carbons (Fsp3) is 0.500. The minimum Gasteiger partial charge on any atom is -0.339 e. The maximum Gasteiger partial charge on any atom is 0.229 e. The summed E-state index contributed by atoms with van der Waals surface area (Å²) in [6, 6.07) is 7.95.